The summed E-state index contributed by atoms with van der Waals surface area (Å²) in [4.78, 5) is 2.17. The van der Waals surface area contributed by atoms with E-state index >= 15 is 0 Å². The molecule has 0 aliphatic rings. The standard InChI is InChI=1S/C11H18N2.C2H6/c1-10-4-6-11(7-5-10)12-8-9-13(2)3;1-2/h4-7,12H,8-9H2,1-3H3;1-2H3. The summed E-state index contributed by atoms with van der Waals surface area (Å²) in [6.45, 7) is 8.16. The fourth-order valence-electron chi connectivity index (χ4n) is 1.10. The van der Waals surface area contributed by atoms with Gasteiger partial charge in [0, 0.05) is 18.8 Å². The van der Waals surface area contributed by atoms with Crippen molar-refractivity contribution < 1.29 is 0 Å². The molecule has 0 fully saturated rings. The second-order valence-corrected chi connectivity index (χ2v) is 3.60. The van der Waals surface area contributed by atoms with Gasteiger partial charge in [0.2, 0.25) is 0 Å². The number of hydrogen-bond acceptors (Lipinski definition) is 2. The minimum absolute atomic E-state index is 0.996. The van der Waals surface area contributed by atoms with Crippen LogP contribution in [0.15, 0.2) is 24.3 Å². The van der Waals surface area contributed by atoms with Crippen molar-refractivity contribution in [3.8, 4) is 0 Å². The van der Waals surface area contributed by atoms with E-state index in [1.165, 1.54) is 11.3 Å². The van der Waals surface area contributed by atoms with Crippen LogP contribution in [0.5, 0.6) is 0 Å². The van der Waals surface area contributed by atoms with Crippen LogP contribution < -0.4 is 5.32 Å². The van der Waals surface area contributed by atoms with Gasteiger partial charge in [-0.2, -0.15) is 0 Å². The van der Waals surface area contributed by atoms with E-state index in [-0.39, 0.29) is 0 Å². The summed E-state index contributed by atoms with van der Waals surface area (Å²) in [5.41, 5.74) is 2.51. The van der Waals surface area contributed by atoms with Crippen LogP contribution in [0.2, 0.25) is 0 Å². The summed E-state index contributed by atoms with van der Waals surface area (Å²) in [5.74, 6) is 0. The quantitative estimate of drug-likeness (QED) is 0.818. The van der Waals surface area contributed by atoms with E-state index in [0.29, 0.717) is 0 Å². The van der Waals surface area contributed by atoms with Gasteiger partial charge in [-0.25, -0.2) is 0 Å². The monoisotopic (exact) mass is 208 g/mol. The Morgan fingerprint density at radius 3 is 2.07 bits per heavy atom. The predicted octanol–water partition coefficient (Wildman–Crippen LogP) is 2.99. The van der Waals surface area contributed by atoms with Crippen LogP contribution in [-0.2, 0) is 0 Å². The number of hydrogen-bond donors (Lipinski definition) is 1. The minimum Gasteiger partial charge on any atom is -0.384 e. The number of likely N-dealkylation sites (N-methyl/N-ethyl adjacent to an activating group) is 1. The molecule has 0 atom stereocenters. The van der Waals surface area contributed by atoms with Crippen LogP contribution in [0.25, 0.3) is 0 Å². The molecule has 0 unspecified atom stereocenters. The van der Waals surface area contributed by atoms with E-state index in [1.54, 1.807) is 0 Å². The normalized spacial score (nSPS) is 9.47. The van der Waals surface area contributed by atoms with Crippen molar-refractivity contribution in [1.29, 1.82) is 0 Å². The highest BCUT2D eigenvalue weighted by molar-refractivity contribution is 5.44. The van der Waals surface area contributed by atoms with E-state index in [9.17, 15) is 0 Å². The maximum atomic E-state index is 3.36. The summed E-state index contributed by atoms with van der Waals surface area (Å²) in [6.07, 6.45) is 0. The Bertz CT molecular complexity index is 239. The number of nitrogens with one attached hydrogen (secondary N) is 1. The molecule has 15 heavy (non-hydrogen) atoms. The molecular formula is C13H24N2. The van der Waals surface area contributed by atoms with Gasteiger partial charge in [0.15, 0.2) is 0 Å². The number of nitrogens with zero attached hydrogens (tertiary/aromatic N) is 1. The van der Waals surface area contributed by atoms with Crippen molar-refractivity contribution in [1.82, 2.24) is 4.90 Å². The van der Waals surface area contributed by atoms with Crippen LogP contribution >= 0.6 is 0 Å². The third kappa shape index (κ3) is 6.97. The van der Waals surface area contributed by atoms with Gasteiger partial charge in [0.05, 0.1) is 0 Å². The van der Waals surface area contributed by atoms with Crippen molar-refractivity contribution in [3.63, 3.8) is 0 Å². The third-order valence-electron chi connectivity index (χ3n) is 1.94. The number of benzene rings is 1. The molecule has 0 saturated heterocycles. The summed E-state index contributed by atoms with van der Waals surface area (Å²) in [7, 11) is 4.16. The van der Waals surface area contributed by atoms with Gasteiger partial charge < -0.3 is 10.2 Å². The molecule has 1 aromatic rings. The number of aryl methyl sites for hydroxylation is 1. The van der Waals surface area contributed by atoms with Crippen molar-refractivity contribution in [2.24, 2.45) is 0 Å². The van der Waals surface area contributed by atoms with Gasteiger partial charge in [-0.3, -0.25) is 0 Å². The summed E-state index contributed by atoms with van der Waals surface area (Å²) < 4.78 is 0. The van der Waals surface area contributed by atoms with Crippen LogP contribution in [0.1, 0.15) is 19.4 Å². The Balaban J connectivity index is 0.000000921. The van der Waals surface area contributed by atoms with Crippen LogP contribution in [0.4, 0.5) is 5.69 Å². The second kappa shape index (κ2) is 8.30. The fourth-order valence-corrected chi connectivity index (χ4v) is 1.10. The maximum absolute atomic E-state index is 3.36. The number of anilines is 1. The van der Waals surface area contributed by atoms with E-state index in [2.05, 4.69) is 55.5 Å². The highest BCUT2D eigenvalue weighted by Crippen LogP contribution is 2.07. The van der Waals surface area contributed by atoms with E-state index in [4.69, 9.17) is 0 Å². The van der Waals surface area contributed by atoms with Crippen molar-refractivity contribution in [3.05, 3.63) is 29.8 Å². The van der Waals surface area contributed by atoms with Crippen molar-refractivity contribution >= 4 is 5.69 Å². The Kier molecular flexibility index (Phi) is 7.74. The first-order valence-corrected chi connectivity index (χ1v) is 5.64. The fraction of sp³-hybridized carbons (Fsp3) is 0.538. The molecule has 0 saturated carbocycles. The van der Waals surface area contributed by atoms with Crippen LogP contribution in [0, 0.1) is 6.92 Å². The molecule has 2 heteroatoms. The summed E-state index contributed by atoms with van der Waals surface area (Å²) in [6, 6.07) is 8.48. The first kappa shape index (κ1) is 14.0. The Hall–Kier alpha value is -1.02. The zero-order chi connectivity index (χ0) is 11.7. The minimum atomic E-state index is 0.996. The zero-order valence-electron chi connectivity index (χ0n) is 10.7. The van der Waals surface area contributed by atoms with Gasteiger partial charge in [0.25, 0.3) is 0 Å². The van der Waals surface area contributed by atoms with E-state index < -0.39 is 0 Å². The molecule has 0 aliphatic heterocycles. The van der Waals surface area contributed by atoms with Crippen molar-refractivity contribution in [2.45, 2.75) is 20.8 Å². The van der Waals surface area contributed by atoms with Gasteiger partial charge in [-0.1, -0.05) is 31.5 Å². The highest BCUT2D eigenvalue weighted by atomic mass is 15.1. The first-order valence-electron chi connectivity index (χ1n) is 5.64. The largest absolute Gasteiger partial charge is 0.384 e. The van der Waals surface area contributed by atoms with Gasteiger partial charge in [0.1, 0.15) is 0 Å². The molecular weight excluding hydrogens is 184 g/mol. The lowest BCUT2D eigenvalue weighted by molar-refractivity contribution is 0.425. The molecule has 86 valence electrons. The predicted molar refractivity (Wildman–Crippen MR) is 69.6 cm³/mol. The second-order valence-electron chi connectivity index (χ2n) is 3.60. The molecule has 1 aromatic carbocycles. The molecule has 0 bridgehead atoms. The maximum Gasteiger partial charge on any atom is 0.0340 e. The molecule has 1 N–H and O–H groups in total. The lowest BCUT2D eigenvalue weighted by atomic mass is 10.2. The van der Waals surface area contributed by atoms with E-state index in [0.717, 1.165) is 13.1 Å². The van der Waals surface area contributed by atoms with Crippen LogP contribution in [0.3, 0.4) is 0 Å². The molecule has 1 rings (SSSR count). The molecule has 2 nitrogen and oxygen atoms in total. The molecule has 0 aliphatic carbocycles. The van der Waals surface area contributed by atoms with Crippen molar-refractivity contribution in [2.75, 3.05) is 32.5 Å². The average Bonchev–Trinajstić information content (AvgIpc) is 2.23. The zero-order valence-corrected chi connectivity index (χ0v) is 10.7. The lowest BCUT2D eigenvalue weighted by Crippen LogP contribution is -2.20. The third-order valence-corrected chi connectivity index (χ3v) is 1.94. The number of rotatable bonds is 4. The highest BCUT2D eigenvalue weighted by Gasteiger charge is 1.91. The molecule has 0 radical (unpaired) electrons. The average molecular weight is 208 g/mol. The van der Waals surface area contributed by atoms with E-state index in [1.807, 2.05) is 13.8 Å². The Labute approximate surface area is 94.3 Å². The topological polar surface area (TPSA) is 15.3 Å². The summed E-state index contributed by atoms with van der Waals surface area (Å²) >= 11 is 0. The molecule has 0 amide bonds. The SMILES string of the molecule is CC.Cc1ccc(NCCN(C)C)cc1. The van der Waals surface area contributed by atoms with Gasteiger partial charge in [-0.15, -0.1) is 0 Å². The Morgan fingerprint density at radius 2 is 1.60 bits per heavy atom. The molecule has 0 aromatic heterocycles. The van der Waals surface area contributed by atoms with Gasteiger partial charge in [-0.05, 0) is 33.2 Å². The summed E-state index contributed by atoms with van der Waals surface area (Å²) in [5, 5.41) is 3.36. The smallest absolute Gasteiger partial charge is 0.0340 e. The molecule has 0 spiro atoms. The first-order chi connectivity index (χ1) is 7.18. The lowest BCUT2D eigenvalue weighted by Gasteiger charge is -2.11. The Morgan fingerprint density at radius 1 is 1.07 bits per heavy atom. The van der Waals surface area contributed by atoms with Gasteiger partial charge >= 0.3 is 0 Å². The molecule has 0 heterocycles. The van der Waals surface area contributed by atoms with Crippen LogP contribution in [-0.4, -0.2) is 32.1 Å².